The van der Waals surface area contributed by atoms with Gasteiger partial charge in [-0.3, -0.25) is 4.79 Å². The SMILES string of the molecule is CC1(C)C(=O)NCCN1C(=O)NCc1ccc(C(=O)O)o1. The van der Waals surface area contributed by atoms with Gasteiger partial charge in [0.25, 0.3) is 0 Å². The fourth-order valence-electron chi connectivity index (χ4n) is 2.10. The van der Waals surface area contributed by atoms with Crippen LogP contribution in [-0.2, 0) is 11.3 Å². The van der Waals surface area contributed by atoms with Crippen LogP contribution in [0.25, 0.3) is 0 Å². The average Bonchev–Trinajstić information content (AvgIpc) is 2.88. The van der Waals surface area contributed by atoms with Gasteiger partial charge in [-0.1, -0.05) is 0 Å². The lowest BCUT2D eigenvalue weighted by Crippen LogP contribution is -2.65. The summed E-state index contributed by atoms with van der Waals surface area (Å²) < 4.78 is 5.04. The Morgan fingerprint density at radius 2 is 2.19 bits per heavy atom. The molecule has 2 rings (SSSR count). The number of aromatic carboxylic acids is 1. The predicted molar refractivity (Wildman–Crippen MR) is 71.7 cm³/mol. The van der Waals surface area contributed by atoms with Crippen molar-refractivity contribution in [3.8, 4) is 0 Å². The van der Waals surface area contributed by atoms with E-state index >= 15 is 0 Å². The van der Waals surface area contributed by atoms with Gasteiger partial charge in [0.2, 0.25) is 11.7 Å². The third kappa shape index (κ3) is 2.99. The quantitative estimate of drug-likeness (QED) is 0.747. The lowest BCUT2D eigenvalue weighted by atomic mass is 9.99. The number of nitrogens with one attached hydrogen (secondary N) is 2. The van der Waals surface area contributed by atoms with Crippen molar-refractivity contribution in [1.29, 1.82) is 0 Å². The summed E-state index contributed by atoms with van der Waals surface area (Å²) in [5.41, 5.74) is -0.933. The van der Waals surface area contributed by atoms with Crippen molar-refractivity contribution in [3.05, 3.63) is 23.7 Å². The Morgan fingerprint density at radius 3 is 2.81 bits per heavy atom. The predicted octanol–water partition coefficient (Wildman–Crippen LogP) is 0.398. The molecule has 0 saturated carbocycles. The van der Waals surface area contributed by atoms with Crippen LogP contribution in [0, 0.1) is 0 Å². The second-order valence-electron chi connectivity index (χ2n) is 5.20. The Labute approximate surface area is 121 Å². The van der Waals surface area contributed by atoms with Crippen LogP contribution < -0.4 is 10.6 Å². The van der Waals surface area contributed by atoms with Gasteiger partial charge in [-0.2, -0.15) is 0 Å². The van der Waals surface area contributed by atoms with Crippen molar-refractivity contribution in [2.24, 2.45) is 0 Å². The molecule has 114 valence electrons. The highest BCUT2D eigenvalue weighted by atomic mass is 16.4. The lowest BCUT2D eigenvalue weighted by Gasteiger charge is -2.40. The summed E-state index contributed by atoms with van der Waals surface area (Å²) in [6.07, 6.45) is 0. The van der Waals surface area contributed by atoms with Crippen molar-refractivity contribution in [2.45, 2.75) is 25.9 Å². The molecule has 3 amide bonds. The van der Waals surface area contributed by atoms with E-state index in [1.165, 1.54) is 17.0 Å². The molecule has 1 saturated heterocycles. The molecule has 0 atom stereocenters. The zero-order chi connectivity index (χ0) is 15.6. The van der Waals surface area contributed by atoms with Gasteiger partial charge in [0.1, 0.15) is 11.3 Å². The summed E-state index contributed by atoms with van der Waals surface area (Å²) in [7, 11) is 0. The number of carboxylic acid groups (broad SMARTS) is 1. The molecule has 0 aromatic carbocycles. The molecule has 21 heavy (non-hydrogen) atoms. The molecule has 0 radical (unpaired) electrons. The minimum atomic E-state index is -1.17. The highest BCUT2D eigenvalue weighted by Gasteiger charge is 2.40. The molecular formula is C13H17N3O5. The van der Waals surface area contributed by atoms with Crippen molar-refractivity contribution in [3.63, 3.8) is 0 Å². The van der Waals surface area contributed by atoms with E-state index in [0.29, 0.717) is 18.8 Å². The Morgan fingerprint density at radius 1 is 1.48 bits per heavy atom. The van der Waals surface area contributed by atoms with Gasteiger partial charge in [-0.25, -0.2) is 9.59 Å². The molecule has 1 aliphatic heterocycles. The summed E-state index contributed by atoms with van der Waals surface area (Å²) in [5.74, 6) is -1.23. The van der Waals surface area contributed by atoms with E-state index in [-0.39, 0.29) is 18.2 Å². The van der Waals surface area contributed by atoms with Crippen LogP contribution in [0.5, 0.6) is 0 Å². The van der Waals surface area contributed by atoms with Crippen LogP contribution in [0.1, 0.15) is 30.2 Å². The highest BCUT2D eigenvalue weighted by Crippen LogP contribution is 2.17. The van der Waals surface area contributed by atoms with E-state index in [4.69, 9.17) is 9.52 Å². The largest absolute Gasteiger partial charge is 0.475 e. The minimum Gasteiger partial charge on any atom is -0.475 e. The Balaban J connectivity index is 1.97. The maximum Gasteiger partial charge on any atom is 0.371 e. The van der Waals surface area contributed by atoms with Crippen molar-refractivity contribution in [2.75, 3.05) is 13.1 Å². The monoisotopic (exact) mass is 295 g/mol. The van der Waals surface area contributed by atoms with Crippen LogP contribution in [0.4, 0.5) is 4.79 Å². The Kier molecular flexibility index (Phi) is 3.88. The standard InChI is InChI=1S/C13H17N3O5/c1-13(2)11(19)14-5-6-16(13)12(20)15-7-8-3-4-9(21-8)10(17)18/h3-4H,5-7H2,1-2H3,(H,14,19)(H,15,20)(H,17,18). The second-order valence-corrected chi connectivity index (χ2v) is 5.20. The molecule has 0 bridgehead atoms. The van der Waals surface area contributed by atoms with Crippen molar-refractivity contribution < 1.29 is 23.9 Å². The van der Waals surface area contributed by atoms with Gasteiger partial charge >= 0.3 is 12.0 Å². The Bertz CT molecular complexity index is 578. The molecule has 1 aromatic rings. The van der Waals surface area contributed by atoms with Crippen LogP contribution in [0.3, 0.4) is 0 Å². The smallest absolute Gasteiger partial charge is 0.371 e. The molecule has 0 unspecified atom stereocenters. The van der Waals surface area contributed by atoms with Gasteiger partial charge in [0, 0.05) is 13.1 Å². The topological polar surface area (TPSA) is 112 Å². The fraction of sp³-hybridized carbons (Fsp3) is 0.462. The first-order chi connectivity index (χ1) is 9.82. The summed E-state index contributed by atoms with van der Waals surface area (Å²) >= 11 is 0. The first-order valence-corrected chi connectivity index (χ1v) is 6.48. The van der Waals surface area contributed by atoms with Crippen LogP contribution in [-0.4, -0.2) is 46.5 Å². The molecule has 3 N–H and O–H groups in total. The van der Waals surface area contributed by atoms with E-state index in [1.54, 1.807) is 13.8 Å². The average molecular weight is 295 g/mol. The zero-order valence-corrected chi connectivity index (χ0v) is 11.8. The summed E-state index contributed by atoms with van der Waals surface area (Å²) in [6, 6.07) is 2.41. The summed E-state index contributed by atoms with van der Waals surface area (Å²) in [5, 5.41) is 14.1. The van der Waals surface area contributed by atoms with Gasteiger partial charge in [0.15, 0.2) is 0 Å². The number of furan rings is 1. The third-order valence-corrected chi connectivity index (χ3v) is 3.38. The number of amides is 3. The van der Waals surface area contributed by atoms with E-state index < -0.39 is 17.5 Å². The van der Waals surface area contributed by atoms with Gasteiger partial charge in [-0.05, 0) is 26.0 Å². The highest BCUT2D eigenvalue weighted by molar-refractivity contribution is 5.91. The van der Waals surface area contributed by atoms with Gasteiger partial charge < -0.3 is 25.1 Å². The zero-order valence-electron chi connectivity index (χ0n) is 11.8. The first kappa shape index (κ1) is 14.9. The first-order valence-electron chi connectivity index (χ1n) is 6.48. The fourth-order valence-corrected chi connectivity index (χ4v) is 2.10. The molecule has 1 aliphatic rings. The number of carbonyl (C=O) groups excluding carboxylic acids is 2. The molecule has 1 aromatic heterocycles. The van der Waals surface area contributed by atoms with Crippen LogP contribution in [0.2, 0.25) is 0 Å². The van der Waals surface area contributed by atoms with E-state index in [0.717, 1.165) is 0 Å². The summed E-state index contributed by atoms with van der Waals surface area (Å²) in [6.45, 7) is 4.19. The second kappa shape index (κ2) is 5.47. The molecule has 0 aliphatic carbocycles. The molecule has 8 heteroatoms. The van der Waals surface area contributed by atoms with Crippen LogP contribution >= 0.6 is 0 Å². The van der Waals surface area contributed by atoms with Crippen LogP contribution in [0.15, 0.2) is 16.5 Å². The number of hydrogen-bond donors (Lipinski definition) is 3. The van der Waals surface area contributed by atoms with E-state index in [9.17, 15) is 14.4 Å². The third-order valence-electron chi connectivity index (χ3n) is 3.38. The Hall–Kier alpha value is -2.51. The van der Waals surface area contributed by atoms with Gasteiger partial charge in [-0.15, -0.1) is 0 Å². The number of hydrogen-bond acceptors (Lipinski definition) is 4. The van der Waals surface area contributed by atoms with E-state index in [1.807, 2.05) is 0 Å². The van der Waals surface area contributed by atoms with Crippen molar-refractivity contribution in [1.82, 2.24) is 15.5 Å². The molecule has 8 nitrogen and oxygen atoms in total. The molecule has 2 heterocycles. The number of carboxylic acids is 1. The minimum absolute atomic E-state index is 0.0559. The van der Waals surface area contributed by atoms with E-state index in [2.05, 4.69) is 10.6 Å². The maximum atomic E-state index is 12.2. The maximum absolute atomic E-state index is 12.2. The lowest BCUT2D eigenvalue weighted by molar-refractivity contribution is -0.132. The number of nitrogens with zero attached hydrogens (tertiary/aromatic N) is 1. The number of urea groups is 1. The number of carbonyl (C=O) groups is 3. The number of rotatable bonds is 3. The molecular weight excluding hydrogens is 278 g/mol. The molecule has 1 fully saturated rings. The van der Waals surface area contributed by atoms with Gasteiger partial charge in [0.05, 0.1) is 6.54 Å². The number of piperazine rings is 1. The molecule has 0 spiro atoms. The summed E-state index contributed by atoms with van der Waals surface area (Å²) in [4.78, 5) is 36.0. The normalized spacial score (nSPS) is 17.2. The van der Waals surface area contributed by atoms with Crippen molar-refractivity contribution >= 4 is 17.9 Å².